The molecule has 5 heteroatoms. The molecule has 0 saturated carbocycles. The maximum Gasteiger partial charge on any atom is 0.269 e. The molecule has 2 N–H and O–H groups in total. The van der Waals surface area contributed by atoms with Crippen molar-refractivity contribution in [2.75, 3.05) is 19.6 Å². The van der Waals surface area contributed by atoms with Crippen LogP contribution in [0.25, 0.3) is 0 Å². The van der Waals surface area contributed by atoms with Gasteiger partial charge in [-0.25, -0.2) is 0 Å². The number of non-ortho nitro benzene ring substituents is 1. The Morgan fingerprint density at radius 1 is 1.28 bits per heavy atom. The summed E-state index contributed by atoms with van der Waals surface area (Å²) in [5.74, 6) is 0. The third-order valence-corrected chi connectivity index (χ3v) is 3.33. The summed E-state index contributed by atoms with van der Waals surface area (Å²) in [6.07, 6.45) is 3.28. The van der Waals surface area contributed by atoms with Gasteiger partial charge in [-0.2, -0.15) is 0 Å². The van der Waals surface area contributed by atoms with Gasteiger partial charge in [0.05, 0.1) is 4.92 Å². The van der Waals surface area contributed by atoms with Crippen LogP contribution in [-0.2, 0) is 6.42 Å². The third-order valence-electron chi connectivity index (χ3n) is 3.33. The predicted molar refractivity (Wildman–Crippen MR) is 70.7 cm³/mol. The van der Waals surface area contributed by atoms with Crippen LogP contribution in [0.15, 0.2) is 24.3 Å². The SMILES string of the molecule is O=[N+]([O-])c1ccc(CCNC2CCNCC2)cc1. The average molecular weight is 249 g/mol. The van der Waals surface area contributed by atoms with Gasteiger partial charge in [0.15, 0.2) is 0 Å². The first kappa shape index (κ1) is 13.0. The lowest BCUT2D eigenvalue weighted by atomic mass is 10.1. The molecule has 98 valence electrons. The molecule has 0 unspecified atom stereocenters. The maximum absolute atomic E-state index is 10.5. The molecule has 1 aromatic carbocycles. The van der Waals surface area contributed by atoms with E-state index in [2.05, 4.69) is 10.6 Å². The zero-order valence-corrected chi connectivity index (χ0v) is 10.4. The summed E-state index contributed by atoms with van der Waals surface area (Å²) in [5.41, 5.74) is 1.30. The molecule has 0 amide bonds. The highest BCUT2D eigenvalue weighted by atomic mass is 16.6. The number of nitro benzene ring substituents is 1. The molecule has 18 heavy (non-hydrogen) atoms. The van der Waals surface area contributed by atoms with Gasteiger partial charge in [0.1, 0.15) is 0 Å². The largest absolute Gasteiger partial charge is 0.317 e. The van der Waals surface area contributed by atoms with E-state index in [9.17, 15) is 10.1 Å². The molecule has 2 rings (SSSR count). The number of nitrogens with one attached hydrogen (secondary N) is 2. The van der Waals surface area contributed by atoms with E-state index in [1.54, 1.807) is 12.1 Å². The van der Waals surface area contributed by atoms with E-state index < -0.39 is 0 Å². The van der Waals surface area contributed by atoms with Crippen LogP contribution in [0.2, 0.25) is 0 Å². The summed E-state index contributed by atoms with van der Waals surface area (Å²) in [4.78, 5) is 10.2. The molecule has 0 aliphatic carbocycles. The standard InChI is InChI=1S/C13H19N3O2/c17-16(18)13-3-1-11(2-4-13)5-10-15-12-6-8-14-9-7-12/h1-4,12,14-15H,5-10H2. The monoisotopic (exact) mass is 249 g/mol. The Kier molecular flexibility index (Phi) is 4.66. The Labute approximate surface area is 107 Å². The van der Waals surface area contributed by atoms with Crippen LogP contribution in [0, 0.1) is 10.1 Å². The van der Waals surface area contributed by atoms with Crippen LogP contribution in [0.5, 0.6) is 0 Å². The summed E-state index contributed by atoms with van der Waals surface area (Å²) < 4.78 is 0. The quantitative estimate of drug-likeness (QED) is 0.612. The van der Waals surface area contributed by atoms with Crippen molar-refractivity contribution < 1.29 is 4.92 Å². The Hall–Kier alpha value is -1.46. The second-order valence-corrected chi connectivity index (χ2v) is 4.65. The lowest BCUT2D eigenvalue weighted by Crippen LogP contribution is -2.40. The molecule has 1 aliphatic rings. The molecule has 0 radical (unpaired) electrons. The minimum atomic E-state index is -0.364. The number of hydrogen-bond donors (Lipinski definition) is 2. The van der Waals surface area contributed by atoms with E-state index in [0.29, 0.717) is 6.04 Å². The number of hydrogen-bond acceptors (Lipinski definition) is 4. The number of rotatable bonds is 5. The fourth-order valence-corrected chi connectivity index (χ4v) is 2.23. The van der Waals surface area contributed by atoms with Crippen molar-refractivity contribution in [1.29, 1.82) is 0 Å². The average Bonchev–Trinajstić information content (AvgIpc) is 2.40. The normalized spacial score (nSPS) is 16.7. The van der Waals surface area contributed by atoms with Crippen LogP contribution in [0.4, 0.5) is 5.69 Å². The van der Waals surface area contributed by atoms with Gasteiger partial charge in [-0.05, 0) is 44.5 Å². The van der Waals surface area contributed by atoms with Crippen LogP contribution in [0.1, 0.15) is 18.4 Å². The van der Waals surface area contributed by atoms with Crippen molar-refractivity contribution >= 4 is 5.69 Å². The van der Waals surface area contributed by atoms with Crippen molar-refractivity contribution in [2.24, 2.45) is 0 Å². The minimum absolute atomic E-state index is 0.157. The fourth-order valence-electron chi connectivity index (χ4n) is 2.23. The Balaban J connectivity index is 1.74. The van der Waals surface area contributed by atoms with Crippen molar-refractivity contribution in [3.63, 3.8) is 0 Å². The molecule has 0 spiro atoms. The Bertz CT molecular complexity index is 386. The second kappa shape index (κ2) is 6.47. The van der Waals surface area contributed by atoms with E-state index in [1.807, 2.05) is 12.1 Å². The third kappa shape index (κ3) is 3.78. The molecule has 1 fully saturated rings. The molecule has 1 saturated heterocycles. The highest BCUT2D eigenvalue weighted by Crippen LogP contribution is 2.12. The number of nitro groups is 1. The molecule has 5 nitrogen and oxygen atoms in total. The number of benzene rings is 1. The number of piperidine rings is 1. The van der Waals surface area contributed by atoms with E-state index in [-0.39, 0.29) is 10.6 Å². The van der Waals surface area contributed by atoms with Gasteiger partial charge in [0, 0.05) is 18.2 Å². The Morgan fingerprint density at radius 3 is 2.56 bits per heavy atom. The highest BCUT2D eigenvalue weighted by Gasteiger charge is 2.11. The molecule has 0 aromatic heterocycles. The van der Waals surface area contributed by atoms with Crippen molar-refractivity contribution in [3.05, 3.63) is 39.9 Å². The second-order valence-electron chi connectivity index (χ2n) is 4.65. The summed E-state index contributed by atoms with van der Waals surface area (Å²) in [5, 5.41) is 17.4. The van der Waals surface area contributed by atoms with Gasteiger partial charge in [0.2, 0.25) is 0 Å². The van der Waals surface area contributed by atoms with Crippen LogP contribution >= 0.6 is 0 Å². The summed E-state index contributed by atoms with van der Waals surface area (Å²) in [6.45, 7) is 3.12. The minimum Gasteiger partial charge on any atom is -0.317 e. The van der Waals surface area contributed by atoms with Crippen molar-refractivity contribution in [2.45, 2.75) is 25.3 Å². The molecular weight excluding hydrogens is 230 g/mol. The summed E-state index contributed by atoms with van der Waals surface area (Å²) in [6, 6.07) is 7.42. The zero-order valence-electron chi connectivity index (χ0n) is 10.4. The van der Waals surface area contributed by atoms with Gasteiger partial charge < -0.3 is 10.6 Å². The first-order chi connectivity index (χ1) is 8.75. The fraction of sp³-hybridized carbons (Fsp3) is 0.538. The molecule has 1 aromatic rings. The van der Waals surface area contributed by atoms with Crippen LogP contribution in [-0.4, -0.2) is 30.6 Å². The molecule has 1 aliphatic heterocycles. The van der Waals surface area contributed by atoms with Crippen LogP contribution < -0.4 is 10.6 Å². The van der Waals surface area contributed by atoms with Gasteiger partial charge in [-0.1, -0.05) is 12.1 Å². The Morgan fingerprint density at radius 2 is 1.94 bits per heavy atom. The van der Waals surface area contributed by atoms with Crippen molar-refractivity contribution in [3.8, 4) is 0 Å². The first-order valence-corrected chi connectivity index (χ1v) is 6.43. The topological polar surface area (TPSA) is 67.2 Å². The molecule has 0 bridgehead atoms. The van der Waals surface area contributed by atoms with Gasteiger partial charge >= 0.3 is 0 Å². The molecule has 1 heterocycles. The lowest BCUT2D eigenvalue weighted by Gasteiger charge is -2.23. The van der Waals surface area contributed by atoms with Gasteiger partial charge in [-0.3, -0.25) is 10.1 Å². The zero-order chi connectivity index (χ0) is 12.8. The van der Waals surface area contributed by atoms with Crippen molar-refractivity contribution in [1.82, 2.24) is 10.6 Å². The molecule has 0 atom stereocenters. The van der Waals surface area contributed by atoms with Crippen LogP contribution in [0.3, 0.4) is 0 Å². The van der Waals surface area contributed by atoms with E-state index in [4.69, 9.17) is 0 Å². The summed E-state index contributed by atoms with van der Waals surface area (Å²) in [7, 11) is 0. The van der Waals surface area contributed by atoms with E-state index in [1.165, 1.54) is 12.8 Å². The molecular formula is C13H19N3O2. The van der Waals surface area contributed by atoms with Gasteiger partial charge in [0.25, 0.3) is 5.69 Å². The maximum atomic E-state index is 10.5. The van der Waals surface area contributed by atoms with E-state index in [0.717, 1.165) is 31.6 Å². The summed E-state index contributed by atoms with van der Waals surface area (Å²) >= 11 is 0. The highest BCUT2D eigenvalue weighted by molar-refractivity contribution is 5.32. The number of nitrogens with zero attached hydrogens (tertiary/aromatic N) is 1. The predicted octanol–water partition coefficient (Wildman–Crippen LogP) is 1.48. The first-order valence-electron chi connectivity index (χ1n) is 6.43. The lowest BCUT2D eigenvalue weighted by molar-refractivity contribution is -0.384. The smallest absolute Gasteiger partial charge is 0.269 e. The van der Waals surface area contributed by atoms with Gasteiger partial charge in [-0.15, -0.1) is 0 Å². The van der Waals surface area contributed by atoms with E-state index >= 15 is 0 Å².